The van der Waals surface area contributed by atoms with Crippen molar-refractivity contribution in [3.63, 3.8) is 0 Å². The van der Waals surface area contributed by atoms with Gasteiger partial charge in [0.2, 0.25) is 0 Å². The summed E-state index contributed by atoms with van der Waals surface area (Å²) in [6.45, 7) is 0.548. The van der Waals surface area contributed by atoms with E-state index in [9.17, 15) is 14.9 Å². The first kappa shape index (κ1) is 12.5. The Hall–Kier alpha value is -1.95. The third-order valence-corrected chi connectivity index (χ3v) is 3.25. The molecule has 92 valence electrons. The molecule has 2 aromatic rings. The molecule has 6 heteroatoms. The smallest absolute Gasteiger partial charge is 0.270 e. The molecule has 0 fully saturated rings. The minimum atomic E-state index is -0.436. The molecule has 18 heavy (non-hydrogen) atoms. The van der Waals surface area contributed by atoms with Crippen LogP contribution in [0.4, 0.5) is 5.69 Å². The Kier molecular flexibility index (Phi) is 3.57. The van der Waals surface area contributed by atoms with Gasteiger partial charge in [0, 0.05) is 41.1 Å². The maximum atomic E-state index is 10.6. The summed E-state index contributed by atoms with van der Waals surface area (Å²) in [4.78, 5) is 20.7. The number of non-ortho nitro benzene ring substituents is 1. The van der Waals surface area contributed by atoms with Gasteiger partial charge in [-0.15, -0.1) is 0 Å². The summed E-state index contributed by atoms with van der Waals surface area (Å²) in [7, 11) is 0. The standard InChI is InChI=1S/C12H9BrN2O3/c13-12-5-11(15(17)18)2-1-10(12)7-14-4-3-9(6-14)8-16/h1-6,8H,7H2. The quantitative estimate of drug-likeness (QED) is 0.495. The van der Waals surface area contributed by atoms with Crippen LogP contribution in [0.5, 0.6) is 0 Å². The fraction of sp³-hybridized carbons (Fsp3) is 0.0833. The van der Waals surface area contributed by atoms with Crippen molar-refractivity contribution in [2.45, 2.75) is 6.54 Å². The zero-order chi connectivity index (χ0) is 13.1. The van der Waals surface area contributed by atoms with Gasteiger partial charge in [-0.2, -0.15) is 0 Å². The molecular weight excluding hydrogens is 300 g/mol. The van der Waals surface area contributed by atoms with E-state index in [1.807, 2.05) is 4.57 Å². The molecule has 0 amide bonds. The van der Waals surface area contributed by atoms with Gasteiger partial charge in [-0.05, 0) is 17.7 Å². The molecule has 0 bridgehead atoms. The van der Waals surface area contributed by atoms with E-state index in [0.29, 0.717) is 16.6 Å². The first-order valence-corrected chi connectivity index (χ1v) is 5.93. The lowest BCUT2D eigenvalue weighted by molar-refractivity contribution is -0.384. The van der Waals surface area contributed by atoms with Crippen molar-refractivity contribution in [3.05, 3.63) is 62.4 Å². The number of benzene rings is 1. The highest BCUT2D eigenvalue weighted by Crippen LogP contribution is 2.23. The van der Waals surface area contributed by atoms with Gasteiger partial charge in [-0.1, -0.05) is 15.9 Å². The van der Waals surface area contributed by atoms with Crippen LogP contribution in [0.1, 0.15) is 15.9 Å². The summed E-state index contributed by atoms with van der Waals surface area (Å²) in [6.07, 6.45) is 4.29. The maximum absolute atomic E-state index is 10.6. The minimum absolute atomic E-state index is 0.0479. The Morgan fingerprint density at radius 2 is 2.17 bits per heavy atom. The summed E-state index contributed by atoms with van der Waals surface area (Å²) in [5.41, 5.74) is 1.56. The molecule has 0 unspecified atom stereocenters. The molecule has 1 aromatic carbocycles. The molecule has 0 atom stereocenters. The molecule has 0 saturated carbocycles. The van der Waals surface area contributed by atoms with E-state index in [-0.39, 0.29) is 5.69 Å². The fourth-order valence-corrected chi connectivity index (χ4v) is 2.09. The van der Waals surface area contributed by atoms with Crippen molar-refractivity contribution in [1.29, 1.82) is 0 Å². The Balaban J connectivity index is 2.24. The van der Waals surface area contributed by atoms with Gasteiger partial charge in [0.25, 0.3) is 5.69 Å². The number of rotatable bonds is 4. The van der Waals surface area contributed by atoms with Crippen molar-refractivity contribution >= 4 is 27.9 Å². The topological polar surface area (TPSA) is 65.1 Å². The number of carbonyl (C=O) groups excluding carboxylic acids is 1. The van der Waals surface area contributed by atoms with Gasteiger partial charge < -0.3 is 4.57 Å². The summed E-state index contributed by atoms with van der Waals surface area (Å²) >= 11 is 3.31. The van der Waals surface area contributed by atoms with Crippen LogP contribution in [0.25, 0.3) is 0 Å². The molecule has 2 rings (SSSR count). The predicted molar refractivity (Wildman–Crippen MR) is 69.7 cm³/mol. The molecule has 0 spiro atoms. The van der Waals surface area contributed by atoms with Crippen LogP contribution in [-0.2, 0) is 6.54 Å². The Morgan fingerprint density at radius 1 is 1.39 bits per heavy atom. The van der Waals surface area contributed by atoms with Crippen molar-refractivity contribution in [2.24, 2.45) is 0 Å². The monoisotopic (exact) mass is 308 g/mol. The van der Waals surface area contributed by atoms with Crippen LogP contribution in [0.15, 0.2) is 41.1 Å². The molecule has 0 saturated heterocycles. The SMILES string of the molecule is O=Cc1ccn(Cc2ccc([N+](=O)[O-])cc2Br)c1. The first-order chi connectivity index (χ1) is 8.60. The van der Waals surface area contributed by atoms with E-state index in [0.717, 1.165) is 11.8 Å². The molecule has 1 aromatic heterocycles. The van der Waals surface area contributed by atoms with Crippen LogP contribution in [0, 0.1) is 10.1 Å². The van der Waals surface area contributed by atoms with Crippen molar-refractivity contribution in [3.8, 4) is 0 Å². The normalized spacial score (nSPS) is 10.3. The number of nitro benzene ring substituents is 1. The van der Waals surface area contributed by atoms with E-state index in [1.165, 1.54) is 12.1 Å². The lowest BCUT2D eigenvalue weighted by Crippen LogP contribution is -1.98. The highest BCUT2D eigenvalue weighted by atomic mass is 79.9. The first-order valence-electron chi connectivity index (χ1n) is 5.14. The van der Waals surface area contributed by atoms with Gasteiger partial charge in [0.1, 0.15) is 0 Å². The van der Waals surface area contributed by atoms with Crippen molar-refractivity contribution in [2.75, 3.05) is 0 Å². The lowest BCUT2D eigenvalue weighted by atomic mass is 10.2. The Morgan fingerprint density at radius 3 is 2.72 bits per heavy atom. The minimum Gasteiger partial charge on any atom is -0.349 e. The zero-order valence-electron chi connectivity index (χ0n) is 9.25. The lowest BCUT2D eigenvalue weighted by Gasteiger charge is -2.05. The number of hydrogen-bond acceptors (Lipinski definition) is 3. The molecule has 0 aliphatic heterocycles. The number of aldehydes is 1. The summed E-state index contributed by atoms with van der Waals surface area (Å²) in [6, 6.07) is 6.35. The largest absolute Gasteiger partial charge is 0.349 e. The highest BCUT2D eigenvalue weighted by Gasteiger charge is 2.09. The predicted octanol–water partition coefficient (Wildman–Crippen LogP) is 3.02. The van der Waals surface area contributed by atoms with E-state index in [4.69, 9.17) is 0 Å². The highest BCUT2D eigenvalue weighted by molar-refractivity contribution is 9.10. The second kappa shape index (κ2) is 5.14. The summed E-state index contributed by atoms with van der Waals surface area (Å²) in [5.74, 6) is 0. The third-order valence-electron chi connectivity index (χ3n) is 2.51. The van der Waals surface area contributed by atoms with E-state index in [2.05, 4.69) is 15.9 Å². The van der Waals surface area contributed by atoms with Crippen LogP contribution < -0.4 is 0 Å². The second-order valence-corrected chi connectivity index (χ2v) is 4.62. The number of halogens is 1. The molecule has 5 nitrogen and oxygen atoms in total. The van der Waals surface area contributed by atoms with Crippen LogP contribution in [0.2, 0.25) is 0 Å². The fourth-order valence-electron chi connectivity index (χ4n) is 1.60. The molecule has 1 heterocycles. The van der Waals surface area contributed by atoms with Crippen molar-refractivity contribution in [1.82, 2.24) is 4.57 Å². The molecule has 0 radical (unpaired) electrons. The number of carbonyl (C=O) groups is 1. The van der Waals surface area contributed by atoms with Gasteiger partial charge in [0.05, 0.1) is 4.92 Å². The van der Waals surface area contributed by atoms with E-state index in [1.54, 1.807) is 24.5 Å². The van der Waals surface area contributed by atoms with E-state index < -0.39 is 4.92 Å². The van der Waals surface area contributed by atoms with Crippen molar-refractivity contribution < 1.29 is 9.72 Å². The Labute approximate surface area is 111 Å². The molecule has 0 N–H and O–H groups in total. The zero-order valence-corrected chi connectivity index (χ0v) is 10.8. The van der Waals surface area contributed by atoms with Crippen LogP contribution in [0.3, 0.4) is 0 Å². The second-order valence-electron chi connectivity index (χ2n) is 3.77. The van der Waals surface area contributed by atoms with Gasteiger partial charge >= 0.3 is 0 Å². The number of nitro groups is 1. The number of aromatic nitrogens is 1. The van der Waals surface area contributed by atoms with Crippen LogP contribution >= 0.6 is 15.9 Å². The number of nitrogens with zero attached hydrogens (tertiary/aromatic N) is 2. The van der Waals surface area contributed by atoms with Crippen LogP contribution in [-0.4, -0.2) is 15.8 Å². The Bertz CT molecular complexity index is 607. The average Bonchev–Trinajstić information content (AvgIpc) is 2.79. The average molecular weight is 309 g/mol. The molecular formula is C12H9BrN2O3. The summed E-state index contributed by atoms with van der Waals surface area (Å²) in [5, 5.41) is 10.6. The summed E-state index contributed by atoms with van der Waals surface area (Å²) < 4.78 is 2.52. The number of hydrogen-bond donors (Lipinski definition) is 0. The van der Waals surface area contributed by atoms with Gasteiger partial charge in [0.15, 0.2) is 6.29 Å². The van der Waals surface area contributed by atoms with E-state index >= 15 is 0 Å². The third kappa shape index (κ3) is 2.65. The molecule has 0 aliphatic carbocycles. The van der Waals surface area contributed by atoms with Gasteiger partial charge in [-0.3, -0.25) is 14.9 Å². The molecule has 0 aliphatic rings. The van der Waals surface area contributed by atoms with Gasteiger partial charge in [-0.25, -0.2) is 0 Å². The maximum Gasteiger partial charge on any atom is 0.270 e.